The number of nitro groups is 1. The fourth-order valence-electron chi connectivity index (χ4n) is 3.74. The van der Waals surface area contributed by atoms with Crippen molar-refractivity contribution in [3.63, 3.8) is 0 Å². The van der Waals surface area contributed by atoms with Gasteiger partial charge >= 0.3 is 0 Å². The number of hydrogen-bond acceptors (Lipinski definition) is 7. The number of nitrogens with zero attached hydrogens (tertiary/aromatic N) is 4. The highest BCUT2D eigenvalue weighted by molar-refractivity contribution is 9.10. The molecule has 0 aliphatic rings. The average Bonchev–Trinajstić information content (AvgIpc) is 3.23. The minimum absolute atomic E-state index is 0.273. The zero-order valence-corrected chi connectivity index (χ0v) is 24.4. The molecule has 0 aliphatic carbocycles. The number of halogens is 3. The molecule has 12 heteroatoms. The summed E-state index contributed by atoms with van der Waals surface area (Å²) < 4.78 is 14.4. The van der Waals surface area contributed by atoms with E-state index in [4.69, 9.17) is 32.7 Å². The first-order valence-corrected chi connectivity index (χ1v) is 14.0. The first kappa shape index (κ1) is 28.2. The highest BCUT2D eigenvalue weighted by Crippen LogP contribution is 2.43. The summed E-state index contributed by atoms with van der Waals surface area (Å²) >= 11 is 17.0. The van der Waals surface area contributed by atoms with Crippen molar-refractivity contribution in [2.75, 3.05) is 13.2 Å². The Morgan fingerprint density at radius 2 is 1.84 bits per heavy atom. The Balaban J connectivity index is 1.67. The van der Waals surface area contributed by atoms with E-state index in [2.05, 4.69) is 26.1 Å². The second-order valence-corrected chi connectivity index (χ2v) is 11.0. The predicted octanol–water partition coefficient (Wildman–Crippen LogP) is 7.73. The molecule has 0 saturated carbocycles. The monoisotopic (exact) mass is 636 g/mol. The fraction of sp³-hybridized carbons (Fsp3) is 0.231. The third kappa shape index (κ3) is 6.99. The van der Waals surface area contributed by atoms with Crippen LogP contribution in [0.25, 0.3) is 5.69 Å². The quantitative estimate of drug-likeness (QED) is 0.0943. The topological polar surface area (TPSA) is 92.3 Å². The molecule has 3 aromatic carbocycles. The number of rotatable bonds is 11. The van der Waals surface area contributed by atoms with E-state index < -0.39 is 5.25 Å². The summed E-state index contributed by atoms with van der Waals surface area (Å²) in [6.07, 6.45) is 0. The van der Waals surface area contributed by atoms with Gasteiger partial charge in [0.15, 0.2) is 16.7 Å². The lowest BCUT2D eigenvalue weighted by Crippen LogP contribution is -2.12. The van der Waals surface area contributed by atoms with Crippen LogP contribution in [0.4, 0.5) is 0 Å². The Hall–Kier alpha value is -2.79. The van der Waals surface area contributed by atoms with Gasteiger partial charge in [0.1, 0.15) is 17.7 Å². The van der Waals surface area contributed by atoms with Crippen LogP contribution >= 0.6 is 50.9 Å². The largest absolute Gasteiger partial charge is 0.490 e. The van der Waals surface area contributed by atoms with Gasteiger partial charge in [0, 0.05) is 20.7 Å². The molecular formula is C26H23BrCl2N4O4S. The molecule has 1 atom stereocenters. The number of ether oxygens (including phenoxy) is 2. The summed E-state index contributed by atoms with van der Waals surface area (Å²) in [7, 11) is 0. The lowest BCUT2D eigenvalue weighted by Gasteiger charge is -2.19. The van der Waals surface area contributed by atoms with Crippen LogP contribution in [0.1, 0.15) is 29.1 Å². The third-order valence-corrected chi connectivity index (χ3v) is 7.68. The normalized spacial score (nSPS) is 11.8. The van der Waals surface area contributed by atoms with Gasteiger partial charge in [-0.3, -0.25) is 14.7 Å². The second-order valence-electron chi connectivity index (χ2n) is 8.15. The van der Waals surface area contributed by atoms with Crippen molar-refractivity contribution >= 4 is 50.9 Å². The van der Waals surface area contributed by atoms with E-state index in [0.29, 0.717) is 49.2 Å². The number of thioether (sulfide) groups is 1. The van der Waals surface area contributed by atoms with Gasteiger partial charge < -0.3 is 9.47 Å². The first-order valence-electron chi connectivity index (χ1n) is 11.5. The summed E-state index contributed by atoms with van der Waals surface area (Å²) in [5.74, 6) is 1.62. The molecule has 0 amide bonds. The lowest BCUT2D eigenvalue weighted by atomic mass is 10.1. The van der Waals surface area contributed by atoms with Gasteiger partial charge in [-0.15, -0.1) is 10.2 Å². The van der Waals surface area contributed by atoms with E-state index in [1.54, 1.807) is 24.3 Å². The van der Waals surface area contributed by atoms with E-state index in [1.165, 1.54) is 11.8 Å². The minimum Gasteiger partial charge on any atom is -0.490 e. The Kier molecular flexibility index (Phi) is 9.54. The van der Waals surface area contributed by atoms with E-state index in [9.17, 15) is 10.1 Å². The molecule has 1 aromatic heterocycles. The maximum absolute atomic E-state index is 11.7. The maximum atomic E-state index is 11.7. The van der Waals surface area contributed by atoms with Crippen molar-refractivity contribution < 1.29 is 14.4 Å². The summed E-state index contributed by atoms with van der Waals surface area (Å²) in [6, 6.07) is 18.2. The Morgan fingerprint density at radius 1 is 1.08 bits per heavy atom. The SMILES string of the molecule is CCOc1cc([C@@H](C[N+](=O)[O-])Sc2nnc(C)n2-c2ccc(Cl)cc2)cc(Br)c1OCc1cccc(Cl)c1. The van der Waals surface area contributed by atoms with E-state index in [1.807, 2.05) is 54.8 Å². The highest BCUT2D eigenvalue weighted by atomic mass is 79.9. The van der Waals surface area contributed by atoms with Crippen LogP contribution in [0, 0.1) is 17.0 Å². The maximum Gasteiger partial charge on any atom is 0.220 e. The molecule has 0 spiro atoms. The van der Waals surface area contributed by atoms with Crippen molar-refractivity contribution in [1.29, 1.82) is 0 Å². The summed E-state index contributed by atoms with van der Waals surface area (Å²) in [5, 5.41) is 21.3. The fourth-order valence-corrected chi connectivity index (χ4v) is 5.81. The van der Waals surface area contributed by atoms with Crippen LogP contribution in [-0.2, 0) is 6.61 Å². The first-order chi connectivity index (χ1) is 18.2. The molecule has 0 saturated heterocycles. The molecule has 198 valence electrons. The molecule has 38 heavy (non-hydrogen) atoms. The van der Waals surface area contributed by atoms with Gasteiger partial charge in [0.05, 0.1) is 11.1 Å². The van der Waals surface area contributed by atoms with Gasteiger partial charge in [0.25, 0.3) is 0 Å². The Bertz CT molecular complexity index is 1440. The van der Waals surface area contributed by atoms with Crippen molar-refractivity contribution in [3.8, 4) is 17.2 Å². The third-order valence-electron chi connectivity index (χ3n) is 5.42. The van der Waals surface area contributed by atoms with Gasteiger partial charge in [-0.25, -0.2) is 0 Å². The zero-order valence-electron chi connectivity index (χ0n) is 20.4. The van der Waals surface area contributed by atoms with Crippen molar-refractivity contribution in [2.45, 2.75) is 30.9 Å². The van der Waals surface area contributed by atoms with Gasteiger partial charge in [-0.05, 0) is 89.4 Å². The zero-order chi connectivity index (χ0) is 27.2. The molecule has 0 N–H and O–H groups in total. The van der Waals surface area contributed by atoms with Crippen molar-refractivity contribution in [1.82, 2.24) is 14.8 Å². The van der Waals surface area contributed by atoms with Crippen LogP contribution in [0.2, 0.25) is 10.0 Å². The molecule has 4 rings (SSSR count). The smallest absolute Gasteiger partial charge is 0.220 e. The predicted molar refractivity (Wildman–Crippen MR) is 153 cm³/mol. The van der Waals surface area contributed by atoms with Gasteiger partial charge in [-0.1, -0.05) is 47.1 Å². The van der Waals surface area contributed by atoms with E-state index in [0.717, 1.165) is 11.3 Å². The summed E-state index contributed by atoms with van der Waals surface area (Å²) in [6.45, 7) is 4.01. The molecular weight excluding hydrogens is 615 g/mol. The minimum atomic E-state index is -0.586. The molecule has 1 heterocycles. The Labute approximate surface area is 242 Å². The number of hydrogen-bond donors (Lipinski definition) is 0. The molecule has 8 nitrogen and oxygen atoms in total. The molecule has 0 aliphatic heterocycles. The molecule has 0 bridgehead atoms. The molecule has 4 aromatic rings. The Morgan fingerprint density at radius 3 is 2.53 bits per heavy atom. The van der Waals surface area contributed by atoms with Crippen molar-refractivity contribution in [3.05, 3.63) is 102 Å². The number of aromatic nitrogens is 3. The van der Waals surface area contributed by atoms with Crippen molar-refractivity contribution in [2.24, 2.45) is 0 Å². The van der Waals surface area contributed by atoms with E-state index in [-0.39, 0.29) is 18.1 Å². The summed E-state index contributed by atoms with van der Waals surface area (Å²) in [5.41, 5.74) is 2.38. The summed E-state index contributed by atoms with van der Waals surface area (Å²) in [4.78, 5) is 11.3. The highest BCUT2D eigenvalue weighted by Gasteiger charge is 2.26. The second kappa shape index (κ2) is 12.8. The molecule has 0 fully saturated rings. The van der Waals surface area contributed by atoms with Crippen LogP contribution in [0.15, 0.2) is 70.3 Å². The standard InChI is InChI=1S/C26H23BrCl2N4O4S/c1-3-36-23-13-18(12-22(27)25(23)37-15-17-5-4-6-20(29)11-17)24(14-32(34)35)38-26-31-30-16(2)33(26)21-9-7-19(28)8-10-21/h4-13,24H,3,14-15H2,1-2H3/t24-/m1/s1. The van der Waals surface area contributed by atoms with Crippen LogP contribution in [0.5, 0.6) is 11.5 Å². The lowest BCUT2D eigenvalue weighted by molar-refractivity contribution is -0.479. The molecule has 0 unspecified atom stereocenters. The van der Waals surface area contributed by atoms with Gasteiger partial charge in [0.2, 0.25) is 6.54 Å². The average molecular weight is 638 g/mol. The van der Waals surface area contributed by atoms with Crippen LogP contribution in [0.3, 0.4) is 0 Å². The number of benzene rings is 3. The van der Waals surface area contributed by atoms with Crippen LogP contribution in [-0.4, -0.2) is 32.8 Å². The van der Waals surface area contributed by atoms with Crippen LogP contribution < -0.4 is 9.47 Å². The van der Waals surface area contributed by atoms with Gasteiger partial charge in [-0.2, -0.15) is 0 Å². The molecule has 0 radical (unpaired) electrons. The number of aryl methyl sites for hydroxylation is 1. The van der Waals surface area contributed by atoms with E-state index >= 15 is 0 Å².